The van der Waals surface area contributed by atoms with Gasteiger partial charge in [0.25, 0.3) is 0 Å². The van der Waals surface area contributed by atoms with Crippen molar-refractivity contribution < 1.29 is 14.6 Å². The van der Waals surface area contributed by atoms with Crippen LogP contribution < -0.4 is 0 Å². The SMILES string of the molecule is CCOCCc1nc2ccccc2n1CCC(=O)O. The molecule has 0 unspecified atom stereocenters. The highest BCUT2D eigenvalue weighted by Gasteiger charge is 2.11. The highest BCUT2D eigenvalue weighted by Crippen LogP contribution is 2.17. The first-order valence-electron chi connectivity index (χ1n) is 6.46. The first-order chi connectivity index (χ1) is 9.22. The molecule has 0 aliphatic rings. The third kappa shape index (κ3) is 3.32. The van der Waals surface area contributed by atoms with Crippen LogP contribution in [0, 0.1) is 0 Å². The number of aromatic nitrogens is 2. The van der Waals surface area contributed by atoms with E-state index in [1.807, 2.05) is 35.8 Å². The second-order valence-electron chi connectivity index (χ2n) is 4.26. The molecule has 5 heteroatoms. The van der Waals surface area contributed by atoms with Gasteiger partial charge in [0.05, 0.1) is 24.1 Å². The Morgan fingerprint density at radius 1 is 1.42 bits per heavy atom. The van der Waals surface area contributed by atoms with E-state index in [1.165, 1.54) is 0 Å². The lowest BCUT2D eigenvalue weighted by atomic mass is 10.3. The molecule has 0 saturated heterocycles. The Kier molecular flexibility index (Phi) is 4.52. The molecule has 2 aromatic rings. The molecule has 0 fully saturated rings. The van der Waals surface area contributed by atoms with Gasteiger partial charge in [-0.1, -0.05) is 12.1 Å². The predicted molar refractivity (Wildman–Crippen MR) is 72.2 cm³/mol. The summed E-state index contributed by atoms with van der Waals surface area (Å²) in [5.41, 5.74) is 1.88. The molecular weight excluding hydrogens is 244 g/mol. The molecule has 1 heterocycles. The molecular formula is C14H18N2O3. The van der Waals surface area contributed by atoms with E-state index < -0.39 is 5.97 Å². The Morgan fingerprint density at radius 2 is 2.21 bits per heavy atom. The molecule has 19 heavy (non-hydrogen) atoms. The topological polar surface area (TPSA) is 64.4 Å². The average Bonchev–Trinajstić information content (AvgIpc) is 2.74. The summed E-state index contributed by atoms with van der Waals surface area (Å²) in [5.74, 6) is 0.0874. The van der Waals surface area contributed by atoms with Crippen molar-refractivity contribution in [2.45, 2.75) is 26.3 Å². The minimum absolute atomic E-state index is 0.0992. The highest BCUT2D eigenvalue weighted by atomic mass is 16.5. The number of aryl methyl sites for hydroxylation is 1. The van der Waals surface area contributed by atoms with E-state index in [2.05, 4.69) is 4.98 Å². The minimum Gasteiger partial charge on any atom is -0.481 e. The molecule has 0 radical (unpaired) electrons. The molecule has 1 N–H and O–H groups in total. The van der Waals surface area contributed by atoms with E-state index in [1.54, 1.807) is 0 Å². The highest BCUT2D eigenvalue weighted by molar-refractivity contribution is 5.76. The van der Waals surface area contributed by atoms with Gasteiger partial charge in [-0.05, 0) is 19.1 Å². The van der Waals surface area contributed by atoms with Gasteiger partial charge in [0.15, 0.2) is 0 Å². The Bertz CT molecular complexity index is 563. The summed E-state index contributed by atoms with van der Waals surface area (Å²) in [7, 11) is 0. The first kappa shape index (κ1) is 13.5. The van der Waals surface area contributed by atoms with Crippen molar-refractivity contribution in [3.8, 4) is 0 Å². The van der Waals surface area contributed by atoms with Crippen LogP contribution in [0.25, 0.3) is 11.0 Å². The molecule has 0 aliphatic heterocycles. The molecule has 0 amide bonds. The summed E-state index contributed by atoms with van der Waals surface area (Å²) in [4.78, 5) is 15.3. The second-order valence-corrected chi connectivity index (χ2v) is 4.26. The summed E-state index contributed by atoms with van der Waals surface area (Å²) in [6.45, 7) is 3.67. The molecule has 0 bridgehead atoms. The fourth-order valence-electron chi connectivity index (χ4n) is 2.08. The lowest BCUT2D eigenvalue weighted by Gasteiger charge is -2.07. The lowest BCUT2D eigenvalue weighted by Crippen LogP contribution is -2.10. The van der Waals surface area contributed by atoms with Crippen LogP contribution in [-0.4, -0.2) is 33.8 Å². The number of fused-ring (bicyclic) bond motifs is 1. The molecule has 1 aromatic heterocycles. The van der Waals surface area contributed by atoms with Crippen molar-refractivity contribution in [2.75, 3.05) is 13.2 Å². The molecule has 0 spiro atoms. The van der Waals surface area contributed by atoms with E-state index in [4.69, 9.17) is 9.84 Å². The smallest absolute Gasteiger partial charge is 0.305 e. The van der Waals surface area contributed by atoms with Crippen LogP contribution in [0.1, 0.15) is 19.2 Å². The summed E-state index contributed by atoms with van der Waals surface area (Å²) < 4.78 is 7.32. The van der Waals surface area contributed by atoms with E-state index in [9.17, 15) is 4.79 Å². The van der Waals surface area contributed by atoms with Crippen LogP contribution in [0.4, 0.5) is 0 Å². The van der Waals surface area contributed by atoms with Crippen molar-refractivity contribution in [1.82, 2.24) is 9.55 Å². The third-order valence-corrected chi connectivity index (χ3v) is 2.96. The van der Waals surface area contributed by atoms with Crippen molar-refractivity contribution in [1.29, 1.82) is 0 Å². The summed E-state index contributed by atoms with van der Waals surface area (Å²) >= 11 is 0. The maximum atomic E-state index is 10.7. The van der Waals surface area contributed by atoms with Crippen molar-refractivity contribution in [3.05, 3.63) is 30.1 Å². The van der Waals surface area contributed by atoms with Gasteiger partial charge in [-0.3, -0.25) is 4.79 Å². The van der Waals surface area contributed by atoms with Gasteiger partial charge in [-0.15, -0.1) is 0 Å². The Labute approximate surface area is 111 Å². The first-order valence-corrected chi connectivity index (χ1v) is 6.46. The van der Waals surface area contributed by atoms with Gasteiger partial charge in [0.1, 0.15) is 5.82 Å². The number of rotatable bonds is 7. The summed E-state index contributed by atoms with van der Waals surface area (Å²) in [6, 6.07) is 7.78. The van der Waals surface area contributed by atoms with Gasteiger partial charge >= 0.3 is 5.97 Å². The zero-order valence-corrected chi connectivity index (χ0v) is 11.0. The van der Waals surface area contributed by atoms with Crippen LogP contribution in [0.3, 0.4) is 0 Å². The number of carboxylic acids is 1. The van der Waals surface area contributed by atoms with Gasteiger partial charge < -0.3 is 14.4 Å². The van der Waals surface area contributed by atoms with E-state index >= 15 is 0 Å². The Morgan fingerprint density at radius 3 is 2.95 bits per heavy atom. The van der Waals surface area contributed by atoms with Crippen LogP contribution in [0.2, 0.25) is 0 Å². The summed E-state index contributed by atoms with van der Waals surface area (Å²) in [5, 5.41) is 8.83. The van der Waals surface area contributed by atoms with Crippen LogP contribution in [0.15, 0.2) is 24.3 Å². The minimum atomic E-state index is -0.798. The molecule has 5 nitrogen and oxygen atoms in total. The summed E-state index contributed by atoms with van der Waals surface area (Å²) in [6.07, 6.45) is 0.796. The van der Waals surface area contributed by atoms with E-state index in [-0.39, 0.29) is 6.42 Å². The molecule has 102 valence electrons. The standard InChI is InChI=1S/C14H18N2O3/c1-2-19-10-8-13-15-11-5-3-4-6-12(11)16(13)9-7-14(17)18/h3-6H,2,7-10H2,1H3,(H,17,18). The van der Waals surface area contributed by atoms with Crippen LogP contribution in [0.5, 0.6) is 0 Å². The molecule has 2 rings (SSSR count). The molecule has 0 atom stereocenters. The maximum absolute atomic E-state index is 10.7. The number of aliphatic carboxylic acids is 1. The zero-order chi connectivity index (χ0) is 13.7. The predicted octanol–water partition coefficient (Wildman–Crippen LogP) is 2.09. The average molecular weight is 262 g/mol. The number of ether oxygens (including phenoxy) is 1. The molecule has 0 saturated carbocycles. The number of carbonyl (C=O) groups is 1. The van der Waals surface area contributed by atoms with Crippen molar-refractivity contribution in [3.63, 3.8) is 0 Å². The molecule has 1 aromatic carbocycles. The number of hydrogen-bond donors (Lipinski definition) is 1. The lowest BCUT2D eigenvalue weighted by molar-refractivity contribution is -0.137. The number of hydrogen-bond acceptors (Lipinski definition) is 3. The Hall–Kier alpha value is -1.88. The Balaban J connectivity index is 2.26. The number of benzene rings is 1. The van der Waals surface area contributed by atoms with Crippen molar-refractivity contribution in [2.24, 2.45) is 0 Å². The monoisotopic (exact) mass is 262 g/mol. The largest absolute Gasteiger partial charge is 0.481 e. The van der Waals surface area contributed by atoms with Gasteiger partial charge in [0, 0.05) is 19.6 Å². The maximum Gasteiger partial charge on any atom is 0.305 e. The van der Waals surface area contributed by atoms with Gasteiger partial charge in [0.2, 0.25) is 0 Å². The number of para-hydroxylation sites is 2. The molecule has 0 aliphatic carbocycles. The van der Waals surface area contributed by atoms with Gasteiger partial charge in [-0.25, -0.2) is 4.98 Å². The fourth-order valence-corrected chi connectivity index (χ4v) is 2.08. The number of nitrogens with zero attached hydrogens (tertiary/aromatic N) is 2. The number of imidazole rings is 1. The van der Waals surface area contributed by atoms with Crippen LogP contribution in [-0.2, 0) is 22.5 Å². The van der Waals surface area contributed by atoms with Crippen molar-refractivity contribution >= 4 is 17.0 Å². The van der Waals surface area contributed by atoms with E-state index in [0.29, 0.717) is 26.2 Å². The normalized spacial score (nSPS) is 11.0. The van der Waals surface area contributed by atoms with E-state index in [0.717, 1.165) is 16.9 Å². The van der Waals surface area contributed by atoms with Gasteiger partial charge in [-0.2, -0.15) is 0 Å². The fraction of sp³-hybridized carbons (Fsp3) is 0.429. The number of carboxylic acid groups (broad SMARTS) is 1. The quantitative estimate of drug-likeness (QED) is 0.776. The van der Waals surface area contributed by atoms with Crippen LogP contribution >= 0.6 is 0 Å². The zero-order valence-electron chi connectivity index (χ0n) is 11.0. The second kappa shape index (κ2) is 6.33. The third-order valence-electron chi connectivity index (χ3n) is 2.96.